The summed E-state index contributed by atoms with van der Waals surface area (Å²) in [6.45, 7) is 3.45. The zero-order valence-corrected chi connectivity index (χ0v) is 14.2. The van der Waals surface area contributed by atoms with Crippen LogP contribution in [0.1, 0.15) is 16.8 Å². The molecule has 0 amide bonds. The minimum Gasteiger partial charge on any atom is -0.378 e. The topological polar surface area (TPSA) is 77.8 Å². The molecule has 5 rings (SSSR count). The zero-order valence-electron chi connectivity index (χ0n) is 14.2. The van der Waals surface area contributed by atoms with Crippen molar-refractivity contribution in [2.75, 3.05) is 31.2 Å². The van der Waals surface area contributed by atoms with Gasteiger partial charge in [-0.25, -0.2) is 4.98 Å². The molecule has 0 radical (unpaired) electrons. The smallest absolute Gasteiger partial charge is 0.140 e. The van der Waals surface area contributed by atoms with Gasteiger partial charge in [-0.1, -0.05) is 6.07 Å². The third kappa shape index (κ3) is 2.37. The highest BCUT2D eigenvalue weighted by atomic mass is 16.5. The number of nitrogens with zero attached hydrogens (tertiary/aromatic N) is 4. The van der Waals surface area contributed by atoms with Crippen molar-refractivity contribution in [3.63, 3.8) is 0 Å². The van der Waals surface area contributed by atoms with Crippen LogP contribution in [0.3, 0.4) is 0 Å². The van der Waals surface area contributed by atoms with E-state index in [1.807, 2.05) is 6.07 Å². The van der Waals surface area contributed by atoms with E-state index < -0.39 is 0 Å². The van der Waals surface area contributed by atoms with E-state index in [-0.39, 0.29) is 0 Å². The minimum atomic E-state index is 0.416. The number of pyridine rings is 1. The summed E-state index contributed by atoms with van der Waals surface area (Å²) in [6.07, 6.45) is 2.58. The Labute approximate surface area is 151 Å². The van der Waals surface area contributed by atoms with Gasteiger partial charge in [0, 0.05) is 48.1 Å². The first-order valence-corrected chi connectivity index (χ1v) is 8.73. The molecule has 0 unspecified atom stereocenters. The van der Waals surface area contributed by atoms with Gasteiger partial charge >= 0.3 is 0 Å². The van der Waals surface area contributed by atoms with Gasteiger partial charge in [0.1, 0.15) is 11.8 Å². The summed E-state index contributed by atoms with van der Waals surface area (Å²) in [5.41, 5.74) is 8.35. The number of fused-ring (bicyclic) bond motifs is 3. The molecule has 0 saturated carbocycles. The number of nitrogens with one attached hydrogen (secondary N) is 1. The number of rotatable bonds is 2. The molecule has 2 aliphatic rings. The number of aromatic amines is 1. The molecule has 0 bridgehead atoms. The van der Waals surface area contributed by atoms with Gasteiger partial charge in [0.05, 0.1) is 24.6 Å². The van der Waals surface area contributed by atoms with Crippen LogP contribution in [0, 0.1) is 11.3 Å². The second kappa shape index (κ2) is 5.97. The van der Waals surface area contributed by atoms with Gasteiger partial charge in [0.2, 0.25) is 0 Å². The summed E-state index contributed by atoms with van der Waals surface area (Å²) in [4.78, 5) is 6.54. The van der Waals surface area contributed by atoms with E-state index in [4.69, 9.17) is 10.00 Å². The number of nitriles is 1. The molecule has 1 aliphatic heterocycles. The summed E-state index contributed by atoms with van der Waals surface area (Å²) < 4.78 is 5.45. The van der Waals surface area contributed by atoms with Crippen molar-refractivity contribution in [3.05, 3.63) is 53.3 Å². The molecule has 1 fully saturated rings. The Hall–Kier alpha value is -3.17. The number of morpholine rings is 1. The first-order valence-electron chi connectivity index (χ1n) is 8.73. The number of hydrogen-bond donors (Lipinski definition) is 1. The summed E-state index contributed by atoms with van der Waals surface area (Å²) in [5.74, 6) is 0. The molecule has 2 aromatic heterocycles. The van der Waals surface area contributed by atoms with Crippen molar-refractivity contribution >= 4 is 5.69 Å². The molecule has 0 spiro atoms. The van der Waals surface area contributed by atoms with Gasteiger partial charge < -0.3 is 9.64 Å². The average molecular weight is 343 g/mol. The van der Waals surface area contributed by atoms with E-state index >= 15 is 0 Å². The number of benzene rings is 1. The molecule has 3 heterocycles. The van der Waals surface area contributed by atoms with Crippen LogP contribution < -0.4 is 4.90 Å². The Morgan fingerprint density at radius 3 is 2.81 bits per heavy atom. The van der Waals surface area contributed by atoms with Gasteiger partial charge in [-0.3, -0.25) is 5.10 Å². The van der Waals surface area contributed by atoms with Gasteiger partial charge in [-0.05, 0) is 29.8 Å². The third-order valence-corrected chi connectivity index (χ3v) is 5.12. The number of anilines is 1. The molecule has 26 heavy (non-hydrogen) atoms. The van der Waals surface area contributed by atoms with Crippen LogP contribution in [0.5, 0.6) is 0 Å². The highest BCUT2D eigenvalue weighted by Gasteiger charge is 2.26. The lowest BCUT2D eigenvalue weighted by molar-refractivity contribution is 0.122. The fourth-order valence-electron chi connectivity index (χ4n) is 3.78. The van der Waals surface area contributed by atoms with Crippen LogP contribution in [-0.4, -0.2) is 41.5 Å². The fourth-order valence-corrected chi connectivity index (χ4v) is 3.78. The molecule has 1 saturated heterocycles. The fraction of sp³-hybridized carbons (Fsp3) is 0.250. The first-order chi connectivity index (χ1) is 12.8. The van der Waals surface area contributed by atoms with E-state index in [0.717, 1.165) is 49.7 Å². The zero-order chi connectivity index (χ0) is 17.5. The van der Waals surface area contributed by atoms with Crippen molar-refractivity contribution < 1.29 is 4.74 Å². The van der Waals surface area contributed by atoms with Gasteiger partial charge in [0.15, 0.2) is 0 Å². The second-order valence-corrected chi connectivity index (χ2v) is 6.59. The molecule has 1 aliphatic carbocycles. The number of ether oxygens (including phenoxy) is 1. The number of hydrogen-bond acceptors (Lipinski definition) is 5. The highest BCUT2D eigenvalue weighted by molar-refractivity contribution is 5.82. The van der Waals surface area contributed by atoms with Crippen LogP contribution in [0.2, 0.25) is 0 Å². The maximum Gasteiger partial charge on any atom is 0.140 e. The van der Waals surface area contributed by atoms with Crippen LogP contribution in [0.25, 0.3) is 22.5 Å². The van der Waals surface area contributed by atoms with Gasteiger partial charge in [-0.15, -0.1) is 0 Å². The maximum absolute atomic E-state index is 8.92. The van der Waals surface area contributed by atoms with E-state index in [9.17, 15) is 0 Å². The summed E-state index contributed by atoms with van der Waals surface area (Å²) in [6, 6.07) is 12.3. The molecular formula is C20H17N5O. The van der Waals surface area contributed by atoms with Crippen molar-refractivity contribution in [1.29, 1.82) is 5.26 Å². The van der Waals surface area contributed by atoms with E-state index in [2.05, 4.69) is 44.3 Å². The number of aromatic nitrogens is 3. The van der Waals surface area contributed by atoms with Crippen molar-refractivity contribution in [1.82, 2.24) is 15.2 Å². The molecule has 6 heteroatoms. The van der Waals surface area contributed by atoms with Crippen LogP contribution in [-0.2, 0) is 11.2 Å². The molecular weight excluding hydrogens is 326 g/mol. The Morgan fingerprint density at radius 1 is 1.15 bits per heavy atom. The Bertz CT molecular complexity index is 1010. The predicted octanol–water partition coefficient (Wildman–Crippen LogP) is 2.75. The lowest BCUT2D eigenvalue weighted by Crippen LogP contribution is -2.36. The van der Waals surface area contributed by atoms with Crippen LogP contribution in [0.4, 0.5) is 5.69 Å². The molecule has 128 valence electrons. The molecule has 6 nitrogen and oxygen atoms in total. The standard InChI is InChI=1S/C20H17N5O/c21-11-15-2-1-13(12-22-15)19-18-10-14-9-16(25-5-7-26-8-6-25)3-4-17(14)20(18)24-23-19/h1-4,9,12H,5-8,10H2,(H,23,24). The molecule has 1 aromatic carbocycles. The minimum absolute atomic E-state index is 0.416. The first kappa shape index (κ1) is 15.1. The Kier molecular flexibility index (Phi) is 3.47. The lowest BCUT2D eigenvalue weighted by atomic mass is 10.1. The van der Waals surface area contributed by atoms with Crippen molar-refractivity contribution in [2.45, 2.75) is 6.42 Å². The third-order valence-electron chi connectivity index (χ3n) is 5.12. The largest absolute Gasteiger partial charge is 0.378 e. The van der Waals surface area contributed by atoms with E-state index in [1.165, 1.54) is 22.4 Å². The average Bonchev–Trinajstić information content (AvgIpc) is 3.27. The maximum atomic E-state index is 8.92. The molecule has 0 atom stereocenters. The lowest BCUT2D eigenvalue weighted by Gasteiger charge is -2.29. The Balaban J connectivity index is 1.48. The van der Waals surface area contributed by atoms with Gasteiger partial charge in [0.25, 0.3) is 0 Å². The van der Waals surface area contributed by atoms with E-state index in [0.29, 0.717) is 5.69 Å². The SMILES string of the molecule is N#Cc1ccc(-c2n[nH]c3c2Cc2cc(N4CCOCC4)ccc2-3)cn1. The monoisotopic (exact) mass is 343 g/mol. The normalized spacial score (nSPS) is 15.4. The van der Waals surface area contributed by atoms with E-state index in [1.54, 1.807) is 12.3 Å². The van der Waals surface area contributed by atoms with Crippen molar-refractivity contribution in [2.24, 2.45) is 0 Å². The van der Waals surface area contributed by atoms with Crippen LogP contribution >= 0.6 is 0 Å². The molecule has 1 N–H and O–H groups in total. The summed E-state index contributed by atoms with van der Waals surface area (Å²) in [7, 11) is 0. The summed E-state index contributed by atoms with van der Waals surface area (Å²) >= 11 is 0. The second-order valence-electron chi connectivity index (χ2n) is 6.59. The summed E-state index contributed by atoms with van der Waals surface area (Å²) in [5, 5.41) is 16.6. The van der Waals surface area contributed by atoms with Crippen LogP contribution in [0.15, 0.2) is 36.5 Å². The molecule has 3 aromatic rings. The highest BCUT2D eigenvalue weighted by Crippen LogP contribution is 2.41. The number of H-pyrrole nitrogens is 1. The van der Waals surface area contributed by atoms with Gasteiger partial charge in [-0.2, -0.15) is 10.4 Å². The predicted molar refractivity (Wildman–Crippen MR) is 97.8 cm³/mol. The quantitative estimate of drug-likeness (QED) is 0.605. The van der Waals surface area contributed by atoms with Crippen molar-refractivity contribution in [3.8, 4) is 28.6 Å². The Morgan fingerprint density at radius 2 is 2.04 bits per heavy atom.